The SMILES string of the molecule is [CH2]CNC1CCC(C#N)(c2ccccc2)CC1. The second-order valence-electron chi connectivity index (χ2n) is 4.79. The van der Waals surface area contributed by atoms with Gasteiger partial charge in [-0.1, -0.05) is 30.3 Å². The molecule has 1 N–H and O–H groups in total. The molecule has 1 aromatic carbocycles. The molecular weight excluding hydrogens is 208 g/mol. The van der Waals surface area contributed by atoms with E-state index in [1.54, 1.807) is 0 Å². The Bertz CT molecular complexity index is 383. The highest BCUT2D eigenvalue weighted by Crippen LogP contribution is 2.38. The molecule has 0 heterocycles. The lowest BCUT2D eigenvalue weighted by molar-refractivity contribution is 0.301. The lowest BCUT2D eigenvalue weighted by Crippen LogP contribution is -2.39. The normalized spacial score (nSPS) is 28.6. The summed E-state index contributed by atoms with van der Waals surface area (Å²) in [6.45, 7) is 4.59. The van der Waals surface area contributed by atoms with Crippen LogP contribution in [0.15, 0.2) is 30.3 Å². The Morgan fingerprint density at radius 1 is 1.29 bits per heavy atom. The van der Waals surface area contributed by atoms with E-state index in [4.69, 9.17) is 0 Å². The van der Waals surface area contributed by atoms with Gasteiger partial charge >= 0.3 is 0 Å². The van der Waals surface area contributed by atoms with Crippen LogP contribution in [0.2, 0.25) is 0 Å². The van der Waals surface area contributed by atoms with E-state index < -0.39 is 0 Å². The summed E-state index contributed by atoms with van der Waals surface area (Å²) in [4.78, 5) is 0. The van der Waals surface area contributed by atoms with Gasteiger partial charge in [-0.25, -0.2) is 0 Å². The molecule has 1 aliphatic carbocycles. The lowest BCUT2D eigenvalue weighted by Gasteiger charge is -2.35. The first-order valence-corrected chi connectivity index (χ1v) is 6.30. The van der Waals surface area contributed by atoms with E-state index in [0.29, 0.717) is 6.04 Å². The van der Waals surface area contributed by atoms with Crippen LogP contribution in [0, 0.1) is 18.3 Å². The molecule has 2 nitrogen and oxygen atoms in total. The number of hydrogen-bond donors (Lipinski definition) is 1. The molecule has 0 bridgehead atoms. The van der Waals surface area contributed by atoms with Gasteiger partial charge in [-0.15, -0.1) is 0 Å². The van der Waals surface area contributed by atoms with E-state index in [2.05, 4.69) is 30.4 Å². The van der Waals surface area contributed by atoms with Crippen LogP contribution < -0.4 is 5.32 Å². The number of nitrogens with one attached hydrogen (secondary N) is 1. The monoisotopic (exact) mass is 227 g/mol. The summed E-state index contributed by atoms with van der Waals surface area (Å²) in [5.74, 6) is 0. The van der Waals surface area contributed by atoms with Crippen LogP contribution in [-0.4, -0.2) is 12.6 Å². The summed E-state index contributed by atoms with van der Waals surface area (Å²) in [5, 5.41) is 12.9. The topological polar surface area (TPSA) is 35.8 Å². The van der Waals surface area contributed by atoms with Gasteiger partial charge in [-0.05, 0) is 44.7 Å². The van der Waals surface area contributed by atoms with Gasteiger partial charge in [0.2, 0.25) is 0 Å². The molecular formula is C15H19N2. The van der Waals surface area contributed by atoms with Crippen molar-refractivity contribution in [3.8, 4) is 6.07 Å². The summed E-state index contributed by atoms with van der Waals surface area (Å²) < 4.78 is 0. The molecule has 0 amide bonds. The maximum absolute atomic E-state index is 9.53. The summed E-state index contributed by atoms with van der Waals surface area (Å²) >= 11 is 0. The minimum absolute atomic E-state index is 0.263. The number of nitrogens with zero attached hydrogens (tertiary/aromatic N) is 1. The molecule has 89 valence electrons. The highest BCUT2D eigenvalue weighted by atomic mass is 14.9. The standard InChI is InChI=1S/C15H19N2/c1-2-17-14-8-10-15(12-16,11-9-14)13-6-4-3-5-7-13/h3-7,14,17H,1-2,8-11H2. The van der Waals surface area contributed by atoms with Gasteiger partial charge in [-0.3, -0.25) is 0 Å². The lowest BCUT2D eigenvalue weighted by atomic mass is 9.69. The molecule has 1 fully saturated rings. The summed E-state index contributed by atoms with van der Waals surface area (Å²) in [6, 6.07) is 13.3. The molecule has 0 saturated heterocycles. The molecule has 0 aromatic heterocycles. The molecule has 1 aromatic rings. The molecule has 0 spiro atoms. The molecule has 1 aliphatic rings. The number of benzene rings is 1. The Kier molecular flexibility index (Phi) is 3.81. The maximum Gasteiger partial charge on any atom is 0.0823 e. The van der Waals surface area contributed by atoms with Gasteiger partial charge in [0.05, 0.1) is 11.5 Å². The quantitative estimate of drug-likeness (QED) is 0.862. The van der Waals surface area contributed by atoms with Crippen molar-refractivity contribution in [2.45, 2.75) is 37.1 Å². The van der Waals surface area contributed by atoms with Gasteiger partial charge in [0.15, 0.2) is 0 Å². The van der Waals surface area contributed by atoms with E-state index >= 15 is 0 Å². The van der Waals surface area contributed by atoms with Crippen molar-refractivity contribution >= 4 is 0 Å². The Labute approximate surface area is 104 Å². The molecule has 2 rings (SSSR count). The Morgan fingerprint density at radius 3 is 2.47 bits per heavy atom. The highest BCUT2D eigenvalue weighted by Gasteiger charge is 2.36. The first kappa shape index (κ1) is 12.1. The molecule has 0 aliphatic heterocycles. The molecule has 0 atom stereocenters. The van der Waals surface area contributed by atoms with Crippen LogP contribution in [0.4, 0.5) is 0 Å². The zero-order valence-corrected chi connectivity index (χ0v) is 10.2. The van der Waals surface area contributed by atoms with Crippen molar-refractivity contribution in [2.75, 3.05) is 6.54 Å². The first-order valence-electron chi connectivity index (χ1n) is 6.30. The van der Waals surface area contributed by atoms with Crippen molar-refractivity contribution in [2.24, 2.45) is 0 Å². The average Bonchev–Trinajstić information content (AvgIpc) is 2.41. The van der Waals surface area contributed by atoms with E-state index in [9.17, 15) is 5.26 Å². The fourth-order valence-electron chi connectivity index (χ4n) is 2.74. The number of nitriles is 1. The van der Waals surface area contributed by atoms with E-state index in [1.807, 2.05) is 18.2 Å². The zero-order chi connectivity index (χ0) is 12.1. The smallest absolute Gasteiger partial charge is 0.0823 e. The van der Waals surface area contributed by atoms with Crippen LogP contribution >= 0.6 is 0 Å². The van der Waals surface area contributed by atoms with Gasteiger partial charge < -0.3 is 5.32 Å². The molecule has 1 saturated carbocycles. The predicted molar refractivity (Wildman–Crippen MR) is 69.3 cm³/mol. The van der Waals surface area contributed by atoms with E-state index in [0.717, 1.165) is 32.2 Å². The second-order valence-corrected chi connectivity index (χ2v) is 4.79. The molecule has 0 unspecified atom stereocenters. The third-order valence-corrected chi connectivity index (χ3v) is 3.81. The Hall–Kier alpha value is -1.33. The van der Waals surface area contributed by atoms with Crippen LogP contribution in [0.5, 0.6) is 0 Å². The zero-order valence-electron chi connectivity index (χ0n) is 10.2. The van der Waals surface area contributed by atoms with Crippen LogP contribution in [0.3, 0.4) is 0 Å². The third kappa shape index (κ3) is 2.50. The second kappa shape index (κ2) is 5.33. The van der Waals surface area contributed by atoms with Gasteiger partial charge in [0, 0.05) is 6.04 Å². The maximum atomic E-state index is 9.53. The van der Waals surface area contributed by atoms with Crippen molar-refractivity contribution in [3.05, 3.63) is 42.8 Å². The molecule has 17 heavy (non-hydrogen) atoms. The van der Waals surface area contributed by atoms with E-state index in [1.165, 1.54) is 5.56 Å². The summed E-state index contributed by atoms with van der Waals surface area (Å²) in [6.07, 6.45) is 4.03. The fourth-order valence-corrected chi connectivity index (χ4v) is 2.74. The average molecular weight is 227 g/mol. The predicted octanol–water partition coefficient (Wildman–Crippen LogP) is 2.81. The Morgan fingerprint density at radius 2 is 1.94 bits per heavy atom. The molecule has 2 heteroatoms. The minimum atomic E-state index is -0.263. The largest absolute Gasteiger partial charge is 0.314 e. The van der Waals surface area contributed by atoms with Crippen LogP contribution in [0.25, 0.3) is 0 Å². The van der Waals surface area contributed by atoms with Crippen molar-refractivity contribution < 1.29 is 0 Å². The van der Waals surface area contributed by atoms with E-state index in [-0.39, 0.29) is 5.41 Å². The highest BCUT2D eigenvalue weighted by molar-refractivity contribution is 5.33. The summed E-state index contributed by atoms with van der Waals surface area (Å²) in [7, 11) is 0. The van der Waals surface area contributed by atoms with Crippen LogP contribution in [0.1, 0.15) is 31.2 Å². The third-order valence-electron chi connectivity index (χ3n) is 3.81. The number of rotatable bonds is 3. The number of hydrogen-bond acceptors (Lipinski definition) is 2. The van der Waals surface area contributed by atoms with Gasteiger partial charge in [-0.2, -0.15) is 5.26 Å². The minimum Gasteiger partial charge on any atom is -0.314 e. The van der Waals surface area contributed by atoms with Gasteiger partial charge in [0.1, 0.15) is 0 Å². The van der Waals surface area contributed by atoms with Crippen molar-refractivity contribution in [1.82, 2.24) is 5.32 Å². The first-order chi connectivity index (χ1) is 8.30. The Balaban J connectivity index is 2.12. The van der Waals surface area contributed by atoms with Crippen LogP contribution in [-0.2, 0) is 5.41 Å². The fraction of sp³-hybridized carbons (Fsp3) is 0.467. The summed E-state index contributed by atoms with van der Waals surface area (Å²) in [5.41, 5.74) is 0.913. The van der Waals surface area contributed by atoms with Crippen molar-refractivity contribution in [1.29, 1.82) is 5.26 Å². The van der Waals surface area contributed by atoms with Crippen molar-refractivity contribution in [3.63, 3.8) is 0 Å². The van der Waals surface area contributed by atoms with Gasteiger partial charge in [0.25, 0.3) is 0 Å². The molecule has 1 radical (unpaired) electrons.